The van der Waals surface area contributed by atoms with Gasteiger partial charge >= 0.3 is 0 Å². The van der Waals surface area contributed by atoms with Crippen LogP contribution in [-0.2, 0) is 6.42 Å². The summed E-state index contributed by atoms with van der Waals surface area (Å²) in [5.41, 5.74) is 7.25. The van der Waals surface area contributed by atoms with E-state index in [1.54, 1.807) is 11.3 Å². The van der Waals surface area contributed by atoms with Crippen LogP contribution in [0.1, 0.15) is 47.8 Å². The van der Waals surface area contributed by atoms with Crippen molar-refractivity contribution in [2.75, 3.05) is 0 Å². The summed E-state index contributed by atoms with van der Waals surface area (Å²) in [4.78, 5) is 15.8. The number of rotatable bonds is 2. The van der Waals surface area contributed by atoms with Crippen molar-refractivity contribution >= 4 is 17.2 Å². The predicted octanol–water partition coefficient (Wildman–Crippen LogP) is 2.40. The molecule has 1 amide bonds. The molecule has 18 heavy (non-hydrogen) atoms. The number of carbonyl (C=O) groups excluding carboxylic acids is 1. The topological polar surface area (TPSA) is 46.3 Å². The summed E-state index contributed by atoms with van der Waals surface area (Å²) in [5.74, 6) is 0.251. The number of carbonyl (C=O) groups is 1. The van der Waals surface area contributed by atoms with E-state index in [4.69, 9.17) is 5.73 Å². The highest BCUT2D eigenvalue weighted by Gasteiger charge is 2.42. The van der Waals surface area contributed by atoms with Crippen molar-refractivity contribution in [3.63, 3.8) is 0 Å². The first-order valence-corrected chi connectivity index (χ1v) is 7.73. The third kappa shape index (κ3) is 1.88. The molecule has 2 atom stereocenters. The largest absolute Gasteiger partial charge is 0.332 e. The van der Waals surface area contributed by atoms with E-state index >= 15 is 0 Å². The van der Waals surface area contributed by atoms with Gasteiger partial charge in [-0.3, -0.25) is 4.79 Å². The summed E-state index contributed by atoms with van der Waals surface area (Å²) >= 11 is 1.59. The summed E-state index contributed by atoms with van der Waals surface area (Å²) in [6, 6.07) is 3.15. The Labute approximate surface area is 112 Å². The lowest BCUT2D eigenvalue weighted by atomic mass is 9.97. The van der Waals surface area contributed by atoms with E-state index in [1.807, 2.05) is 5.38 Å². The molecule has 3 heterocycles. The molecular weight excluding hydrogens is 244 g/mol. The molecule has 2 N–H and O–H groups in total. The Balaban J connectivity index is 1.85. The predicted molar refractivity (Wildman–Crippen MR) is 73.9 cm³/mol. The molecule has 2 aliphatic rings. The van der Waals surface area contributed by atoms with Gasteiger partial charge in [-0.15, -0.1) is 11.3 Å². The molecule has 98 valence electrons. The fourth-order valence-corrected chi connectivity index (χ4v) is 4.41. The monoisotopic (exact) mass is 264 g/mol. The first kappa shape index (κ1) is 12.2. The van der Waals surface area contributed by atoms with Gasteiger partial charge in [0.25, 0.3) is 5.91 Å². The van der Waals surface area contributed by atoms with Crippen LogP contribution in [0.15, 0.2) is 11.4 Å². The minimum absolute atomic E-state index is 0.251. The summed E-state index contributed by atoms with van der Waals surface area (Å²) < 4.78 is 0. The quantitative estimate of drug-likeness (QED) is 0.891. The van der Waals surface area contributed by atoms with Crippen LogP contribution in [0.5, 0.6) is 0 Å². The fraction of sp³-hybridized carbons (Fsp3) is 0.643. The molecular formula is C14H20N2OS. The van der Waals surface area contributed by atoms with E-state index in [-0.39, 0.29) is 5.91 Å². The number of piperidine rings is 1. The summed E-state index contributed by atoms with van der Waals surface area (Å²) in [7, 11) is 0. The number of hydrogen-bond donors (Lipinski definition) is 1. The van der Waals surface area contributed by atoms with Crippen LogP contribution in [0.4, 0.5) is 0 Å². The average Bonchev–Trinajstić information content (AvgIpc) is 2.92. The number of amides is 1. The lowest BCUT2D eigenvalue weighted by Gasteiger charge is -2.37. The highest BCUT2D eigenvalue weighted by atomic mass is 32.1. The zero-order chi connectivity index (χ0) is 12.7. The van der Waals surface area contributed by atoms with Gasteiger partial charge in [0, 0.05) is 18.1 Å². The normalized spacial score (nSPS) is 30.8. The second kappa shape index (κ2) is 4.67. The Hall–Kier alpha value is -0.870. The molecule has 4 heteroatoms. The molecule has 3 nitrogen and oxygen atoms in total. The van der Waals surface area contributed by atoms with Crippen molar-refractivity contribution in [3.8, 4) is 0 Å². The van der Waals surface area contributed by atoms with Crippen LogP contribution in [0, 0.1) is 0 Å². The van der Waals surface area contributed by atoms with Gasteiger partial charge in [-0.05, 0) is 49.1 Å². The fourth-order valence-electron chi connectivity index (χ4n) is 3.47. The van der Waals surface area contributed by atoms with E-state index < -0.39 is 0 Å². The first-order valence-electron chi connectivity index (χ1n) is 6.85. The zero-order valence-electron chi connectivity index (χ0n) is 10.8. The molecule has 2 aliphatic heterocycles. The Morgan fingerprint density at radius 3 is 2.72 bits per heavy atom. The summed E-state index contributed by atoms with van der Waals surface area (Å²) in [6.07, 6.45) is 5.17. The van der Waals surface area contributed by atoms with Crippen molar-refractivity contribution in [2.45, 2.75) is 57.2 Å². The molecule has 0 radical (unpaired) electrons. The van der Waals surface area contributed by atoms with Gasteiger partial charge in [0.15, 0.2) is 0 Å². The van der Waals surface area contributed by atoms with Crippen LogP contribution in [-0.4, -0.2) is 28.9 Å². The van der Waals surface area contributed by atoms with Crippen LogP contribution in [0.25, 0.3) is 0 Å². The highest BCUT2D eigenvalue weighted by molar-refractivity contribution is 7.12. The van der Waals surface area contributed by atoms with Crippen LogP contribution < -0.4 is 5.73 Å². The first-order chi connectivity index (χ1) is 8.70. The van der Waals surface area contributed by atoms with E-state index in [2.05, 4.69) is 17.9 Å². The number of hydrogen-bond acceptors (Lipinski definition) is 3. The Bertz CT molecular complexity index is 442. The van der Waals surface area contributed by atoms with E-state index in [1.165, 1.54) is 5.56 Å². The highest BCUT2D eigenvalue weighted by Crippen LogP contribution is 2.37. The second-order valence-corrected chi connectivity index (χ2v) is 6.37. The van der Waals surface area contributed by atoms with E-state index in [0.29, 0.717) is 18.1 Å². The van der Waals surface area contributed by atoms with E-state index in [9.17, 15) is 4.79 Å². The van der Waals surface area contributed by atoms with Gasteiger partial charge in [-0.25, -0.2) is 0 Å². The Morgan fingerprint density at radius 1 is 1.44 bits per heavy atom. The molecule has 3 rings (SSSR count). The lowest BCUT2D eigenvalue weighted by Crippen LogP contribution is -2.50. The van der Waals surface area contributed by atoms with Crippen molar-refractivity contribution in [3.05, 3.63) is 21.9 Å². The van der Waals surface area contributed by atoms with E-state index in [0.717, 1.165) is 37.0 Å². The van der Waals surface area contributed by atoms with Gasteiger partial charge in [-0.1, -0.05) is 6.92 Å². The molecule has 2 fully saturated rings. The van der Waals surface area contributed by atoms with Crippen molar-refractivity contribution < 1.29 is 4.79 Å². The Kier molecular flexibility index (Phi) is 3.16. The van der Waals surface area contributed by atoms with Gasteiger partial charge in [0.1, 0.15) is 0 Å². The van der Waals surface area contributed by atoms with Gasteiger partial charge in [-0.2, -0.15) is 0 Å². The second-order valence-electron chi connectivity index (χ2n) is 5.46. The molecule has 0 spiro atoms. The van der Waals surface area contributed by atoms with Crippen molar-refractivity contribution in [2.24, 2.45) is 5.73 Å². The van der Waals surface area contributed by atoms with Crippen LogP contribution in [0.3, 0.4) is 0 Å². The van der Waals surface area contributed by atoms with Crippen molar-refractivity contribution in [1.82, 2.24) is 4.90 Å². The number of nitrogens with zero attached hydrogens (tertiary/aromatic N) is 1. The number of aryl methyl sites for hydroxylation is 1. The summed E-state index contributed by atoms with van der Waals surface area (Å²) in [6.45, 7) is 2.11. The third-order valence-corrected chi connectivity index (χ3v) is 5.27. The summed E-state index contributed by atoms with van der Waals surface area (Å²) in [5, 5.41) is 2.03. The maximum atomic E-state index is 12.7. The molecule has 2 saturated heterocycles. The number of fused-ring (bicyclic) bond motifs is 2. The molecule has 1 aromatic rings. The van der Waals surface area contributed by atoms with Gasteiger partial charge in [0.2, 0.25) is 0 Å². The third-order valence-electron chi connectivity index (χ3n) is 4.33. The van der Waals surface area contributed by atoms with Gasteiger partial charge in [0.05, 0.1) is 4.88 Å². The van der Waals surface area contributed by atoms with Gasteiger partial charge < -0.3 is 10.6 Å². The van der Waals surface area contributed by atoms with Crippen LogP contribution >= 0.6 is 11.3 Å². The number of nitrogens with two attached hydrogens (primary N) is 1. The molecule has 0 saturated carbocycles. The molecule has 2 bridgehead atoms. The van der Waals surface area contributed by atoms with Crippen molar-refractivity contribution in [1.29, 1.82) is 0 Å². The smallest absolute Gasteiger partial charge is 0.264 e. The minimum Gasteiger partial charge on any atom is -0.332 e. The standard InChI is InChI=1S/C14H20N2OS/c1-2-9-5-6-18-13(9)14(17)16-11-3-4-12(16)8-10(15)7-11/h5-6,10-12H,2-4,7-8,15H2,1H3. The molecule has 2 unspecified atom stereocenters. The SMILES string of the molecule is CCc1ccsc1C(=O)N1C2CCC1CC(N)C2. The molecule has 0 aromatic carbocycles. The Morgan fingerprint density at radius 2 is 2.11 bits per heavy atom. The molecule has 1 aromatic heterocycles. The average molecular weight is 264 g/mol. The maximum Gasteiger partial charge on any atom is 0.264 e. The number of thiophene rings is 1. The minimum atomic E-state index is 0.251. The lowest BCUT2D eigenvalue weighted by molar-refractivity contribution is 0.0579. The zero-order valence-corrected chi connectivity index (χ0v) is 11.6. The maximum absolute atomic E-state index is 12.7. The molecule has 0 aliphatic carbocycles. The van der Waals surface area contributed by atoms with Crippen LogP contribution in [0.2, 0.25) is 0 Å².